The van der Waals surface area contributed by atoms with Crippen LogP contribution in [0.5, 0.6) is 0 Å². The second-order valence-electron chi connectivity index (χ2n) is 6.75. The van der Waals surface area contributed by atoms with Gasteiger partial charge in [0.2, 0.25) is 0 Å². The molecule has 0 radical (unpaired) electrons. The monoisotopic (exact) mass is 291 g/mol. The van der Waals surface area contributed by atoms with E-state index in [1.165, 1.54) is 50.5 Å². The zero-order valence-corrected chi connectivity index (χ0v) is 13.5. The van der Waals surface area contributed by atoms with E-state index in [4.69, 9.17) is 9.15 Å². The molecular weight excluding hydrogens is 262 g/mol. The summed E-state index contributed by atoms with van der Waals surface area (Å²) in [5.74, 6) is 2.82. The average molecular weight is 291 g/mol. The Balaban J connectivity index is 1.51. The zero-order valence-electron chi connectivity index (χ0n) is 13.5. The van der Waals surface area contributed by atoms with Gasteiger partial charge in [0.05, 0.1) is 19.3 Å². The number of ether oxygens (including phenoxy) is 1. The highest BCUT2D eigenvalue weighted by atomic mass is 16.5. The smallest absolute Gasteiger partial charge is 0.118 e. The highest BCUT2D eigenvalue weighted by Gasteiger charge is 2.25. The van der Waals surface area contributed by atoms with Gasteiger partial charge in [0.25, 0.3) is 0 Å². The van der Waals surface area contributed by atoms with E-state index in [0.29, 0.717) is 12.7 Å². The Morgan fingerprint density at radius 3 is 2.81 bits per heavy atom. The lowest BCUT2D eigenvalue weighted by Gasteiger charge is -2.30. The number of aryl methyl sites for hydroxylation is 1. The molecular formula is C18H29NO2. The second-order valence-corrected chi connectivity index (χ2v) is 6.75. The summed E-state index contributed by atoms with van der Waals surface area (Å²) < 4.78 is 12.1. The van der Waals surface area contributed by atoms with Gasteiger partial charge < -0.3 is 14.5 Å². The van der Waals surface area contributed by atoms with Crippen LogP contribution in [-0.2, 0) is 17.9 Å². The van der Waals surface area contributed by atoms with Crippen molar-refractivity contribution in [1.82, 2.24) is 5.32 Å². The van der Waals surface area contributed by atoms with E-state index < -0.39 is 0 Å². The SMILES string of the molecule is CCC1CCCCC1OCc1cc(CNC2CC2)oc1C. The van der Waals surface area contributed by atoms with E-state index in [1.807, 2.05) is 0 Å². The topological polar surface area (TPSA) is 34.4 Å². The van der Waals surface area contributed by atoms with Gasteiger partial charge in [-0.25, -0.2) is 0 Å². The summed E-state index contributed by atoms with van der Waals surface area (Å²) in [7, 11) is 0. The molecule has 21 heavy (non-hydrogen) atoms. The Morgan fingerprint density at radius 1 is 1.24 bits per heavy atom. The van der Waals surface area contributed by atoms with Gasteiger partial charge in [-0.3, -0.25) is 0 Å². The van der Waals surface area contributed by atoms with Crippen LogP contribution < -0.4 is 5.32 Å². The maximum atomic E-state index is 6.22. The molecule has 0 aromatic carbocycles. The van der Waals surface area contributed by atoms with Crippen molar-refractivity contribution in [1.29, 1.82) is 0 Å². The van der Waals surface area contributed by atoms with E-state index >= 15 is 0 Å². The summed E-state index contributed by atoms with van der Waals surface area (Å²) in [5.41, 5.74) is 1.23. The molecule has 0 bridgehead atoms. The van der Waals surface area contributed by atoms with Gasteiger partial charge in [-0.2, -0.15) is 0 Å². The van der Waals surface area contributed by atoms with Gasteiger partial charge in [0.1, 0.15) is 11.5 Å². The van der Waals surface area contributed by atoms with Crippen molar-refractivity contribution in [3.8, 4) is 0 Å². The van der Waals surface area contributed by atoms with Crippen molar-refractivity contribution in [2.45, 2.75) is 84.1 Å². The van der Waals surface area contributed by atoms with E-state index in [0.717, 1.165) is 30.0 Å². The van der Waals surface area contributed by atoms with Crippen LogP contribution in [0.2, 0.25) is 0 Å². The molecule has 0 spiro atoms. The van der Waals surface area contributed by atoms with Crippen LogP contribution in [0, 0.1) is 12.8 Å². The second kappa shape index (κ2) is 6.97. The third-order valence-electron chi connectivity index (χ3n) is 5.03. The largest absolute Gasteiger partial charge is 0.465 e. The molecule has 1 N–H and O–H groups in total. The van der Waals surface area contributed by atoms with Gasteiger partial charge in [-0.1, -0.05) is 26.2 Å². The molecule has 1 heterocycles. The minimum atomic E-state index is 0.450. The third kappa shape index (κ3) is 4.10. The third-order valence-corrected chi connectivity index (χ3v) is 5.03. The molecule has 0 amide bonds. The highest BCUT2D eigenvalue weighted by Crippen LogP contribution is 2.30. The van der Waals surface area contributed by atoms with Crippen molar-refractivity contribution in [3.05, 3.63) is 23.2 Å². The minimum absolute atomic E-state index is 0.450. The van der Waals surface area contributed by atoms with Crippen LogP contribution in [0.3, 0.4) is 0 Å². The van der Waals surface area contributed by atoms with Crippen molar-refractivity contribution in [2.24, 2.45) is 5.92 Å². The summed E-state index contributed by atoms with van der Waals surface area (Å²) in [4.78, 5) is 0. The van der Waals surface area contributed by atoms with Gasteiger partial charge in [-0.05, 0) is 44.6 Å². The lowest BCUT2D eigenvalue weighted by molar-refractivity contribution is -0.0225. The Morgan fingerprint density at radius 2 is 2.05 bits per heavy atom. The van der Waals surface area contributed by atoms with Gasteiger partial charge >= 0.3 is 0 Å². The van der Waals surface area contributed by atoms with Crippen LogP contribution in [0.15, 0.2) is 10.5 Å². The summed E-state index contributed by atoms with van der Waals surface area (Å²) in [6, 6.07) is 2.90. The molecule has 2 fully saturated rings. The molecule has 3 rings (SSSR count). The van der Waals surface area contributed by atoms with Gasteiger partial charge in [0, 0.05) is 11.6 Å². The standard InChI is InChI=1S/C18H29NO2/c1-3-14-6-4-5-7-18(14)20-12-15-10-17(21-13(15)2)11-19-16-8-9-16/h10,14,16,18-19H,3-9,11-12H2,1-2H3. The quantitative estimate of drug-likeness (QED) is 0.812. The van der Waals surface area contributed by atoms with Crippen LogP contribution >= 0.6 is 0 Å². The summed E-state index contributed by atoms with van der Waals surface area (Å²) in [6.07, 6.45) is 9.58. The summed E-state index contributed by atoms with van der Waals surface area (Å²) in [5, 5.41) is 3.50. The Labute approximate surface area is 128 Å². The zero-order chi connectivity index (χ0) is 14.7. The number of furan rings is 1. The van der Waals surface area contributed by atoms with Crippen LogP contribution in [0.4, 0.5) is 0 Å². The molecule has 1 aromatic rings. The Kier molecular flexibility index (Phi) is 5.02. The molecule has 2 saturated carbocycles. The van der Waals surface area contributed by atoms with E-state index in [2.05, 4.69) is 25.2 Å². The molecule has 2 aliphatic carbocycles. The first-order chi connectivity index (χ1) is 10.3. The fourth-order valence-corrected chi connectivity index (χ4v) is 3.41. The molecule has 1 aromatic heterocycles. The normalized spacial score (nSPS) is 26.2. The van der Waals surface area contributed by atoms with Crippen molar-refractivity contribution < 1.29 is 9.15 Å². The predicted octanol–water partition coefficient (Wildman–Crippen LogP) is 4.33. The molecule has 118 valence electrons. The van der Waals surface area contributed by atoms with Gasteiger partial charge in [-0.15, -0.1) is 0 Å². The molecule has 2 unspecified atom stereocenters. The minimum Gasteiger partial charge on any atom is -0.465 e. The lowest BCUT2D eigenvalue weighted by atomic mass is 9.85. The van der Waals surface area contributed by atoms with Crippen LogP contribution in [0.25, 0.3) is 0 Å². The molecule has 0 aliphatic heterocycles. The van der Waals surface area contributed by atoms with Gasteiger partial charge in [0.15, 0.2) is 0 Å². The summed E-state index contributed by atoms with van der Waals surface area (Å²) in [6.45, 7) is 5.90. The number of nitrogens with one attached hydrogen (secondary N) is 1. The van der Waals surface area contributed by atoms with E-state index in [9.17, 15) is 0 Å². The molecule has 2 atom stereocenters. The van der Waals surface area contributed by atoms with E-state index in [1.54, 1.807) is 0 Å². The Bertz CT molecular complexity index is 450. The van der Waals surface area contributed by atoms with Crippen molar-refractivity contribution in [2.75, 3.05) is 0 Å². The average Bonchev–Trinajstić information content (AvgIpc) is 3.27. The Hall–Kier alpha value is -0.800. The molecule has 2 aliphatic rings. The lowest BCUT2D eigenvalue weighted by Crippen LogP contribution is -2.27. The fraction of sp³-hybridized carbons (Fsp3) is 0.778. The molecule has 3 nitrogen and oxygen atoms in total. The first-order valence-electron chi connectivity index (χ1n) is 8.69. The maximum Gasteiger partial charge on any atom is 0.118 e. The number of rotatable bonds is 7. The summed E-state index contributed by atoms with van der Waals surface area (Å²) >= 11 is 0. The number of hydrogen-bond acceptors (Lipinski definition) is 3. The molecule has 0 saturated heterocycles. The first-order valence-corrected chi connectivity index (χ1v) is 8.69. The van der Waals surface area contributed by atoms with Crippen LogP contribution in [-0.4, -0.2) is 12.1 Å². The first kappa shape index (κ1) is 15.1. The van der Waals surface area contributed by atoms with E-state index in [-0.39, 0.29) is 0 Å². The predicted molar refractivity (Wildman–Crippen MR) is 84.1 cm³/mol. The number of hydrogen-bond donors (Lipinski definition) is 1. The van der Waals surface area contributed by atoms with Crippen molar-refractivity contribution in [3.63, 3.8) is 0 Å². The maximum absolute atomic E-state index is 6.22. The van der Waals surface area contributed by atoms with Crippen molar-refractivity contribution >= 4 is 0 Å². The fourth-order valence-electron chi connectivity index (χ4n) is 3.41. The van der Waals surface area contributed by atoms with Crippen LogP contribution in [0.1, 0.15) is 69.0 Å². The molecule has 3 heteroatoms. The highest BCUT2D eigenvalue weighted by molar-refractivity contribution is 5.20.